The van der Waals surface area contributed by atoms with Gasteiger partial charge in [0.2, 0.25) is 0 Å². The third-order valence-corrected chi connectivity index (χ3v) is 1.88. The van der Waals surface area contributed by atoms with Crippen molar-refractivity contribution in [3.8, 4) is 0 Å². The second-order valence-electron chi connectivity index (χ2n) is 2.80. The SMILES string of the molecule is CCOC(=O)C(C)C1=CC(=O)OC1. The van der Waals surface area contributed by atoms with Gasteiger partial charge in [0, 0.05) is 6.08 Å². The Labute approximate surface area is 76.5 Å². The summed E-state index contributed by atoms with van der Waals surface area (Å²) in [6.45, 7) is 4.01. The van der Waals surface area contributed by atoms with Gasteiger partial charge in [-0.25, -0.2) is 4.79 Å². The zero-order valence-corrected chi connectivity index (χ0v) is 7.70. The van der Waals surface area contributed by atoms with Crippen LogP contribution in [-0.4, -0.2) is 25.2 Å². The standard InChI is InChI=1S/C9H12O4/c1-3-12-9(11)6(2)7-4-8(10)13-5-7/h4,6H,3,5H2,1-2H3. The van der Waals surface area contributed by atoms with Crippen LogP contribution in [0.1, 0.15) is 13.8 Å². The lowest BCUT2D eigenvalue weighted by atomic mass is 10.0. The van der Waals surface area contributed by atoms with Gasteiger partial charge >= 0.3 is 11.9 Å². The van der Waals surface area contributed by atoms with E-state index < -0.39 is 0 Å². The van der Waals surface area contributed by atoms with Gasteiger partial charge in [0.05, 0.1) is 12.5 Å². The predicted molar refractivity (Wildman–Crippen MR) is 44.8 cm³/mol. The molecule has 1 heterocycles. The molecule has 0 aromatic carbocycles. The molecule has 4 heteroatoms. The van der Waals surface area contributed by atoms with Crippen molar-refractivity contribution in [1.82, 2.24) is 0 Å². The normalized spacial score (nSPS) is 17.7. The number of rotatable bonds is 3. The first-order valence-electron chi connectivity index (χ1n) is 4.19. The van der Waals surface area contributed by atoms with E-state index in [0.717, 1.165) is 0 Å². The number of hydrogen-bond acceptors (Lipinski definition) is 4. The van der Waals surface area contributed by atoms with Crippen LogP contribution in [0.25, 0.3) is 0 Å². The summed E-state index contributed by atoms with van der Waals surface area (Å²) >= 11 is 0. The van der Waals surface area contributed by atoms with Gasteiger partial charge in [0.25, 0.3) is 0 Å². The quantitative estimate of drug-likeness (QED) is 0.605. The molecule has 1 aliphatic rings. The Balaban J connectivity index is 2.57. The van der Waals surface area contributed by atoms with Gasteiger partial charge < -0.3 is 9.47 Å². The summed E-state index contributed by atoms with van der Waals surface area (Å²) in [6.07, 6.45) is 1.35. The van der Waals surface area contributed by atoms with Crippen LogP contribution in [0.15, 0.2) is 11.6 Å². The van der Waals surface area contributed by atoms with E-state index in [4.69, 9.17) is 4.74 Å². The average molecular weight is 184 g/mol. The minimum Gasteiger partial charge on any atom is -0.466 e. The molecule has 0 spiro atoms. The maximum Gasteiger partial charge on any atom is 0.331 e. The molecule has 13 heavy (non-hydrogen) atoms. The lowest BCUT2D eigenvalue weighted by Crippen LogP contribution is -2.17. The minimum atomic E-state index is -0.383. The van der Waals surface area contributed by atoms with Gasteiger partial charge in [-0.2, -0.15) is 0 Å². The number of ether oxygens (including phenoxy) is 2. The Morgan fingerprint density at radius 3 is 2.92 bits per heavy atom. The number of carbonyl (C=O) groups is 2. The number of esters is 2. The van der Waals surface area contributed by atoms with E-state index in [1.807, 2.05) is 0 Å². The average Bonchev–Trinajstić information content (AvgIpc) is 2.51. The van der Waals surface area contributed by atoms with Crippen LogP contribution in [0.2, 0.25) is 0 Å². The van der Waals surface area contributed by atoms with Gasteiger partial charge in [-0.1, -0.05) is 0 Å². The molecule has 0 saturated heterocycles. The van der Waals surface area contributed by atoms with Gasteiger partial charge in [-0.15, -0.1) is 0 Å². The molecule has 1 unspecified atom stereocenters. The molecule has 0 aromatic heterocycles. The Bertz CT molecular complexity index is 254. The number of carbonyl (C=O) groups excluding carboxylic acids is 2. The summed E-state index contributed by atoms with van der Waals surface area (Å²) < 4.78 is 9.48. The highest BCUT2D eigenvalue weighted by Crippen LogP contribution is 2.17. The lowest BCUT2D eigenvalue weighted by Gasteiger charge is -2.09. The molecule has 4 nitrogen and oxygen atoms in total. The fourth-order valence-electron chi connectivity index (χ4n) is 1.06. The molecule has 1 aliphatic heterocycles. The summed E-state index contributed by atoms with van der Waals surface area (Å²) in [4.78, 5) is 21.9. The summed E-state index contributed by atoms with van der Waals surface area (Å²) in [5.74, 6) is -1.08. The molecule has 0 bridgehead atoms. The van der Waals surface area contributed by atoms with Crippen molar-refractivity contribution in [1.29, 1.82) is 0 Å². The van der Waals surface area contributed by atoms with Crippen LogP contribution in [0.4, 0.5) is 0 Å². The zero-order valence-electron chi connectivity index (χ0n) is 7.70. The van der Waals surface area contributed by atoms with Gasteiger partial charge in [0.15, 0.2) is 0 Å². The second kappa shape index (κ2) is 4.07. The van der Waals surface area contributed by atoms with Gasteiger partial charge in [0.1, 0.15) is 6.61 Å². The molecule has 0 N–H and O–H groups in total. The smallest absolute Gasteiger partial charge is 0.331 e. The number of hydrogen-bond donors (Lipinski definition) is 0. The number of cyclic esters (lactones) is 1. The van der Waals surface area contributed by atoms with Gasteiger partial charge in [-0.3, -0.25) is 4.79 Å². The van der Waals surface area contributed by atoms with E-state index >= 15 is 0 Å². The minimum absolute atomic E-state index is 0.207. The molecule has 1 rings (SSSR count). The van der Waals surface area contributed by atoms with Crippen molar-refractivity contribution in [2.45, 2.75) is 13.8 Å². The van der Waals surface area contributed by atoms with Crippen molar-refractivity contribution < 1.29 is 19.1 Å². The lowest BCUT2D eigenvalue weighted by molar-refractivity contribution is -0.146. The van der Waals surface area contributed by atoms with Crippen LogP contribution < -0.4 is 0 Å². The second-order valence-corrected chi connectivity index (χ2v) is 2.80. The third-order valence-electron chi connectivity index (χ3n) is 1.88. The van der Waals surface area contributed by atoms with Crippen molar-refractivity contribution >= 4 is 11.9 Å². The Morgan fingerprint density at radius 2 is 2.46 bits per heavy atom. The van der Waals surface area contributed by atoms with Crippen LogP contribution >= 0.6 is 0 Å². The summed E-state index contributed by atoms with van der Waals surface area (Å²) in [5, 5.41) is 0. The summed E-state index contributed by atoms with van der Waals surface area (Å²) in [6, 6.07) is 0. The Kier molecular flexibility index (Phi) is 3.06. The highest BCUT2D eigenvalue weighted by Gasteiger charge is 2.24. The maximum absolute atomic E-state index is 11.2. The first kappa shape index (κ1) is 9.77. The zero-order chi connectivity index (χ0) is 9.84. The van der Waals surface area contributed by atoms with Crippen LogP contribution in [0.5, 0.6) is 0 Å². The van der Waals surface area contributed by atoms with Crippen LogP contribution in [-0.2, 0) is 19.1 Å². The molecule has 0 aliphatic carbocycles. The highest BCUT2D eigenvalue weighted by atomic mass is 16.5. The molecule has 0 amide bonds. The molecule has 0 saturated carbocycles. The van der Waals surface area contributed by atoms with Crippen molar-refractivity contribution in [2.75, 3.05) is 13.2 Å². The van der Waals surface area contributed by atoms with Crippen molar-refractivity contribution in [3.05, 3.63) is 11.6 Å². The summed E-state index contributed by atoms with van der Waals surface area (Å²) in [7, 11) is 0. The first-order valence-corrected chi connectivity index (χ1v) is 4.19. The van der Waals surface area contributed by atoms with E-state index in [-0.39, 0.29) is 24.5 Å². The fourth-order valence-corrected chi connectivity index (χ4v) is 1.06. The van der Waals surface area contributed by atoms with Crippen molar-refractivity contribution in [2.24, 2.45) is 5.92 Å². The van der Waals surface area contributed by atoms with E-state index in [9.17, 15) is 9.59 Å². The van der Waals surface area contributed by atoms with E-state index in [1.165, 1.54) is 6.08 Å². The Morgan fingerprint density at radius 1 is 1.77 bits per heavy atom. The molecule has 0 fully saturated rings. The topological polar surface area (TPSA) is 52.6 Å². The first-order chi connectivity index (χ1) is 6.15. The van der Waals surface area contributed by atoms with Crippen LogP contribution in [0.3, 0.4) is 0 Å². The molecular weight excluding hydrogens is 172 g/mol. The molecule has 72 valence electrons. The third kappa shape index (κ3) is 2.31. The van der Waals surface area contributed by atoms with E-state index in [1.54, 1.807) is 13.8 Å². The fraction of sp³-hybridized carbons (Fsp3) is 0.556. The molecule has 0 aromatic rings. The molecule has 1 atom stereocenters. The molecular formula is C9H12O4. The monoisotopic (exact) mass is 184 g/mol. The van der Waals surface area contributed by atoms with Crippen LogP contribution in [0, 0.1) is 5.92 Å². The van der Waals surface area contributed by atoms with Gasteiger partial charge in [-0.05, 0) is 19.4 Å². The molecule has 0 radical (unpaired) electrons. The highest BCUT2D eigenvalue weighted by molar-refractivity contribution is 5.88. The Hall–Kier alpha value is -1.32. The van der Waals surface area contributed by atoms with Crippen molar-refractivity contribution in [3.63, 3.8) is 0 Å². The van der Waals surface area contributed by atoms with E-state index in [0.29, 0.717) is 12.2 Å². The largest absolute Gasteiger partial charge is 0.466 e. The summed E-state index contributed by atoms with van der Waals surface area (Å²) in [5.41, 5.74) is 0.684. The maximum atomic E-state index is 11.2. The predicted octanol–water partition coefficient (Wildman–Crippen LogP) is 0.669. The van der Waals surface area contributed by atoms with E-state index in [2.05, 4.69) is 4.74 Å².